The fourth-order valence-corrected chi connectivity index (χ4v) is 2.22. The zero-order valence-electron chi connectivity index (χ0n) is 11.7. The average Bonchev–Trinajstić information content (AvgIpc) is 3.05. The van der Waals surface area contributed by atoms with E-state index >= 15 is 0 Å². The van der Waals surface area contributed by atoms with Crippen LogP contribution < -0.4 is 5.73 Å². The van der Waals surface area contributed by atoms with E-state index in [2.05, 4.69) is 28.3 Å². The smallest absolute Gasteiger partial charge is 0.140 e. The van der Waals surface area contributed by atoms with Gasteiger partial charge in [-0.15, -0.1) is 5.10 Å². The van der Waals surface area contributed by atoms with E-state index in [-0.39, 0.29) is 6.04 Å². The molecule has 3 aromatic heterocycles. The molecule has 0 spiro atoms. The molecular weight excluding hydrogens is 252 g/mol. The van der Waals surface area contributed by atoms with Crippen molar-refractivity contribution in [3.8, 4) is 0 Å². The summed E-state index contributed by atoms with van der Waals surface area (Å²) in [5, 5.41) is 8.22. The summed E-state index contributed by atoms with van der Waals surface area (Å²) < 4.78 is 3.81. The lowest BCUT2D eigenvalue weighted by atomic mass is 10.2. The van der Waals surface area contributed by atoms with Crippen LogP contribution in [-0.4, -0.2) is 24.4 Å². The fourth-order valence-electron chi connectivity index (χ4n) is 2.22. The Morgan fingerprint density at radius 1 is 1.35 bits per heavy atom. The number of rotatable bonds is 4. The average molecular weight is 270 g/mol. The number of nitrogens with zero attached hydrogens (tertiary/aromatic N) is 5. The molecule has 0 amide bonds. The van der Waals surface area contributed by atoms with Crippen LogP contribution >= 0.6 is 0 Å². The van der Waals surface area contributed by atoms with Gasteiger partial charge in [-0.25, -0.2) is 9.67 Å². The summed E-state index contributed by atoms with van der Waals surface area (Å²) in [5.41, 5.74) is 9.87. The Hall–Kier alpha value is -2.21. The molecule has 2 N–H and O–H groups in total. The van der Waals surface area contributed by atoms with Crippen molar-refractivity contribution in [1.82, 2.24) is 24.4 Å². The van der Waals surface area contributed by atoms with Crippen molar-refractivity contribution in [2.75, 3.05) is 0 Å². The molecule has 0 bridgehead atoms. The van der Waals surface area contributed by atoms with Gasteiger partial charge in [0.25, 0.3) is 0 Å². The van der Waals surface area contributed by atoms with Gasteiger partial charge in [-0.1, -0.05) is 18.2 Å². The summed E-state index contributed by atoms with van der Waals surface area (Å²) in [6.07, 6.45) is 6.76. The lowest BCUT2D eigenvalue weighted by Crippen LogP contribution is -2.08. The van der Waals surface area contributed by atoms with E-state index in [1.807, 2.05) is 36.0 Å². The second-order valence-corrected chi connectivity index (χ2v) is 5.01. The SMILES string of the molecule is CCC(N)c1cn(Cc2cn3cccc(C)c3n2)nn1. The molecule has 1 unspecified atom stereocenters. The Bertz CT molecular complexity index is 726. The topological polar surface area (TPSA) is 74.0 Å². The molecule has 3 heterocycles. The molecule has 20 heavy (non-hydrogen) atoms. The predicted molar refractivity (Wildman–Crippen MR) is 76.3 cm³/mol. The highest BCUT2D eigenvalue weighted by Gasteiger charge is 2.10. The Morgan fingerprint density at radius 2 is 2.20 bits per heavy atom. The lowest BCUT2D eigenvalue weighted by Gasteiger charge is -2.01. The zero-order chi connectivity index (χ0) is 14.1. The molecule has 0 aromatic carbocycles. The molecule has 1 atom stereocenters. The van der Waals surface area contributed by atoms with E-state index in [1.165, 1.54) is 0 Å². The molecule has 3 rings (SSSR count). The van der Waals surface area contributed by atoms with Crippen LogP contribution in [0.15, 0.2) is 30.7 Å². The highest BCUT2D eigenvalue weighted by molar-refractivity contribution is 5.47. The molecule has 0 saturated carbocycles. The van der Waals surface area contributed by atoms with Crippen molar-refractivity contribution in [2.24, 2.45) is 5.73 Å². The number of aryl methyl sites for hydroxylation is 1. The summed E-state index contributed by atoms with van der Waals surface area (Å²) >= 11 is 0. The number of imidazole rings is 1. The number of pyridine rings is 1. The van der Waals surface area contributed by atoms with Crippen LogP contribution in [0.4, 0.5) is 0 Å². The largest absolute Gasteiger partial charge is 0.323 e. The number of fused-ring (bicyclic) bond motifs is 1. The predicted octanol–water partition coefficient (Wildman–Crippen LogP) is 1.69. The first-order valence-electron chi connectivity index (χ1n) is 6.76. The van der Waals surface area contributed by atoms with Crippen molar-refractivity contribution in [3.63, 3.8) is 0 Å². The van der Waals surface area contributed by atoms with Crippen molar-refractivity contribution in [1.29, 1.82) is 0 Å². The number of hydrogen-bond donors (Lipinski definition) is 1. The molecule has 6 nitrogen and oxygen atoms in total. The van der Waals surface area contributed by atoms with Crippen LogP contribution in [0.5, 0.6) is 0 Å². The molecule has 0 fully saturated rings. The Morgan fingerprint density at radius 3 is 2.95 bits per heavy atom. The van der Waals surface area contributed by atoms with E-state index in [0.29, 0.717) is 6.54 Å². The van der Waals surface area contributed by atoms with E-state index in [1.54, 1.807) is 4.68 Å². The first kappa shape index (κ1) is 12.8. The van der Waals surface area contributed by atoms with Gasteiger partial charge in [0.15, 0.2) is 0 Å². The summed E-state index contributed by atoms with van der Waals surface area (Å²) in [4.78, 5) is 4.62. The van der Waals surface area contributed by atoms with Gasteiger partial charge in [0, 0.05) is 12.4 Å². The van der Waals surface area contributed by atoms with Crippen LogP contribution in [-0.2, 0) is 6.54 Å². The van der Waals surface area contributed by atoms with Crippen molar-refractivity contribution in [3.05, 3.63) is 47.7 Å². The Labute approximate surface area is 117 Å². The van der Waals surface area contributed by atoms with Gasteiger partial charge in [0.05, 0.1) is 30.2 Å². The number of aromatic nitrogens is 5. The Balaban J connectivity index is 1.86. The van der Waals surface area contributed by atoms with Gasteiger partial charge in [0.2, 0.25) is 0 Å². The maximum atomic E-state index is 5.95. The Kier molecular flexibility index (Phi) is 3.23. The van der Waals surface area contributed by atoms with E-state index in [9.17, 15) is 0 Å². The first-order valence-corrected chi connectivity index (χ1v) is 6.76. The standard InChI is InChI=1S/C14H18N6/c1-3-12(15)13-9-20(18-17-13)8-11-7-19-6-4-5-10(2)14(19)16-11/h4-7,9,12H,3,8,15H2,1-2H3. The molecule has 3 aromatic rings. The number of nitrogens with two attached hydrogens (primary N) is 1. The molecule has 0 radical (unpaired) electrons. The zero-order valence-corrected chi connectivity index (χ0v) is 11.7. The van der Waals surface area contributed by atoms with Gasteiger partial charge in [-0.2, -0.15) is 0 Å². The molecule has 104 valence electrons. The molecule has 0 aliphatic carbocycles. The van der Waals surface area contributed by atoms with Crippen LogP contribution in [0.1, 0.15) is 36.3 Å². The normalized spacial score (nSPS) is 12.9. The maximum Gasteiger partial charge on any atom is 0.140 e. The van der Waals surface area contributed by atoms with Crippen LogP contribution in [0, 0.1) is 6.92 Å². The van der Waals surface area contributed by atoms with Gasteiger partial charge >= 0.3 is 0 Å². The molecule has 6 heteroatoms. The minimum atomic E-state index is -0.0490. The van der Waals surface area contributed by atoms with Gasteiger partial charge in [0.1, 0.15) is 5.65 Å². The highest BCUT2D eigenvalue weighted by Crippen LogP contribution is 2.12. The summed E-state index contributed by atoms with van der Waals surface area (Å²) in [6, 6.07) is 4.02. The molecule has 0 aliphatic rings. The molecule has 0 aliphatic heterocycles. The third-order valence-electron chi connectivity index (χ3n) is 3.43. The minimum Gasteiger partial charge on any atom is -0.323 e. The maximum absolute atomic E-state index is 5.95. The van der Waals surface area contributed by atoms with Crippen molar-refractivity contribution in [2.45, 2.75) is 32.9 Å². The van der Waals surface area contributed by atoms with E-state index in [4.69, 9.17) is 5.73 Å². The van der Waals surface area contributed by atoms with Crippen molar-refractivity contribution < 1.29 is 0 Å². The minimum absolute atomic E-state index is 0.0490. The van der Waals surface area contributed by atoms with Gasteiger partial charge < -0.3 is 10.1 Å². The summed E-state index contributed by atoms with van der Waals surface area (Å²) in [7, 11) is 0. The fraction of sp³-hybridized carbons (Fsp3) is 0.357. The third kappa shape index (κ3) is 2.30. The number of hydrogen-bond acceptors (Lipinski definition) is 4. The van der Waals surface area contributed by atoms with Crippen LogP contribution in [0.2, 0.25) is 0 Å². The molecule has 0 saturated heterocycles. The van der Waals surface area contributed by atoms with Crippen LogP contribution in [0.25, 0.3) is 5.65 Å². The first-order chi connectivity index (χ1) is 9.67. The quantitative estimate of drug-likeness (QED) is 0.783. The van der Waals surface area contributed by atoms with Crippen LogP contribution in [0.3, 0.4) is 0 Å². The third-order valence-corrected chi connectivity index (χ3v) is 3.43. The van der Waals surface area contributed by atoms with Gasteiger partial charge in [-0.3, -0.25) is 0 Å². The van der Waals surface area contributed by atoms with E-state index in [0.717, 1.165) is 29.0 Å². The highest BCUT2D eigenvalue weighted by atomic mass is 15.4. The lowest BCUT2D eigenvalue weighted by molar-refractivity contribution is 0.637. The van der Waals surface area contributed by atoms with E-state index < -0.39 is 0 Å². The van der Waals surface area contributed by atoms with Gasteiger partial charge in [-0.05, 0) is 25.0 Å². The molecular formula is C14H18N6. The summed E-state index contributed by atoms with van der Waals surface area (Å²) in [5.74, 6) is 0. The second-order valence-electron chi connectivity index (χ2n) is 5.01. The van der Waals surface area contributed by atoms with Crippen molar-refractivity contribution >= 4 is 5.65 Å². The second kappa shape index (κ2) is 5.05. The monoisotopic (exact) mass is 270 g/mol. The summed E-state index contributed by atoms with van der Waals surface area (Å²) in [6.45, 7) is 4.69.